The van der Waals surface area contributed by atoms with Gasteiger partial charge in [-0.1, -0.05) is 19.9 Å². The van der Waals surface area contributed by atoms with Crippen LogP contribution in [-0.2, 0) is 11.3 Å². The van der Waals surface area contributed by atoms with E-state index in [2.05, 4.69) is 50.6 Å². The van der Waals surface area contributed by atoms with Gasteiger partial charge in [0.05, 0.1) is 23.3 Å². The Hall–Kier alpha value is -4.08. The summed E-state index contributed by atoms with van der Waals surface area (Å²) >= 11 is 0. The van der Waals surface area contributed by atoms with E-state index < -0.39 is 0 Å². The third-order valence-electron chi connectivity index (χ3n) is 5.84. The van der Waals surface area contributed by atoms with E-state index >= 15 is 0 Å². The fraction of sp³-hybridized carbons (Fsp3) is 0.333. The number of aromatic nitrogens is 5. The van der Waals surface area contributed by atoms with E-state index in [0.29, 0.717) is 13.2 Å². The zero-order valence-corrected chi connectivity index (χ0v) is 19.3. The molecule has 1 aliphatic heterocycles. The molecule has 0 saturated heterocycles. The summed E-state index contributed by atoms with van der Waals surface area (Å²) in [6.45, 7) is 5.60. The summed E-state index contributed by atoms with van der Waals surface area (Å²) in [7, 11) is 1.60. The van der Waals surface area contributed by atoms with Crippen molar-refractivity contribution in [3.8, 4) is 22.8 Å². The lowest BCUT2D eigenvalue weighted by molar-refractivity contribution is -0.121. The van der Waals surface area contributed by atoms with Crippen LogP contribution in [0.1, 0.15) is 25.5 Å². The molecule has 0 unspecified atom stereocenters. The highest BCUT2D eigenvalue weighted by Crippen LogP contribution is 2.36. The predicted molar refractivity (Wildman–Crippen MR) is 128 cm³/mol. The Kier molecular flexibility index (Phi) is 5.79. The maximum atomic E-state index is 11.6. The molecular formula is C24H27N7O3. The number of anilines is 1. The highest BCUT2D eigenvalue weighted by Gasteiger charge is 2.22. The first-order valence-corrected chi connectivity index (χ1v) is 11.2. The summed E-state index contributed by atoms with van der Waals surface area (Å²) < 4.78 is 13.1. The number of fused-ring (bicyclic) bond motifs is 2. The second kappa shape index (κ2) is 9.05. The second-order valence-electron chi connectivity index (χ2n) is 8.54. The Bertz CT molecular complexity index is 1330. The van der Waals surface area contributed by atoms with Gasteiger partial charge in [0.2, 0.25) is 5.91 Å². The lowest BCUT2D eigenvalue weighted by Gasteiger charge is -2.26. The van der Waals surface area contributed by atoms with E-state index in [1.54, 1.807) is 24.3 Å². The molecule has 1 aliphatic rings. The number of hydrogen-bond acceptors (Lipinski definition) is 7. The normalized spacial score (nSPS) is 13.8. The average molecular weight is 462 g/mol. The average Bonchev–Trinajstić information content (AvgIpc) is 3.49. The molecule has 1 amide bonds. The van der Waals surface area contributed by atoms with E-state index in [1.807, 2.05) is 24.4 Å². The first-order valence-electron chi connectivity index (χ1n) is 11.2. The molecule has 0 spiro atoms. The van der Waals surface area contributed by atoms with Crippen LogP contribution in [-0.4, -0.2) is 50.9 Å². The smallest absolute Gasteiger partial charge is 0.241 e. The lowest BCUT2D eigenvalue weighted by atomic mass is 9.95. The minimum atomic E-state index is -0.109. The third kappa shape index (κ3) is 4.26. The van der Waals surface area contributed by atoms with Gasteiger partial charge in [-0.2, -0.15) is 5.10 Å². The predicted octanol–water partition coefficient (Wildman–Crippen LogP) is 3.15. The van der Waals surface area contributed by atoms with Crippen LogP contribution < -0.4 is 20.1 Å². The Morgan fingerprint density at radius 3 is 2.79 bits per heavy atom. The number of rotatable bonds is 7. The SMILES string of the molecule is CNC(=O)Cn1cc(-c2cc3c(N[C@@H](c4ccc5c(c4)OCCO5)C(C)C)ncnc3[nH]2)cn1. The highest BCUT2D eigenvalue weighted by molar-refractivity contribution is 5.91. The van der Waals surface area contributed by atoms with Crippen LogP contribution in [0, 0.1) is 5.92 Å². The molecule has 4 aromatic rings. The number of aromatic amines is 1. The molecule has 10 nitrogen and oxygen atoms in total. The van der Waals surface area contributed by atoms with Crippen molar-refractivity contribution in [3.05, 3.63) is 48.5 Å². The summed E-state index contributed by atoms with van der Waals surface area (Å²) in [4.78, 5) is 23.9. The first-order chi connectivity index (χ1) is 16.5. The molecule has 1 aromatic carbocycles. The standard InChI is InChI=1S/C24H27N7O3/c1-14(2)22(15-4-5-19-20(8-15)34-7-6-33-19)30-24-17-9-18(29-23(17)26-13-27-24)16-10-28-31(11-16)12-21(32)25-3/h4-5,8-11,13-14,22H,6-7,12H2,1-3H3,(H,25,32)(H2,26,27,29,30)/t22-/m1/s1. The number of nitrogens with zero attached hydrogens (tertiary/aromatic N) is 4. The molecule has 4 heterocycles. The Labute approximate surface area is 196 Å². The van der Waals surface area contributed by atoms with E-state index in [1.165, 1.54) is 0 Å². The van der Waals surface area contributed by atoms with E-state index in [9.17, 15) is 4.79 Å². The van der Waals surface area contributed by atoms with Gasteiger partial charge in [-0.15, -0.1) is 0 Å². The number of likely N-dealkylation sites (N-methyl/N-ethyl adjacent to an activating group) is 1. The third-order valence-corrected chi connectivity index (χ3v) is 5.84. The van der Waals surface area contributed by atoms with Crippen LogP contribution in [0.25, 0.3) is 22.3 Å². The van der Waals surface area contributed by atoms with Gasteiger partial charge in [-0.25, -0.2) is 9.97 Å². The minimum absolute atomic E-state index is 0.00239. The molecule has 0 fully saturated rings. The quantitative estimate of drug-likeness (QED) is 0.387. The molecule has 0 saturated carbocycles. The van der Waals surface area contributed by atoms with Gasteiger partial charge in [0.25, 0.3) is 0 Å². The summed E-state index contributed by atoms with van der Waals surface area (Å²) in [5, 5.41) is 11.4. The molecule has 0 aliphatic carbocycles. The molecule has 1 atom stereocenters. The number of nitrogens with one attached hydrogen (secondary N) is 3. The summed E-state index contributed by atoms with van der Waals surface area (Å²) in [6, 6.07) is 8.06. The van der Waals surface area contributed by atoms with Crippen molar-refractivity contribution in [2.24, 2.45) is 5.92 Å². The van der Waals surface area contributed by atoms with E-state index in [0.717, 1.165) is 45.2 Å². The van der Waals surface area contributed by atoms with Gasteiger partial charge >= 0.3 is 0 Å². The second-order valence-corrected chi connectivity index (χ2v) is 8.54. The Morgan fingerprint density at radius 2 is 2.00 bits per heavy atom. The summed E-state index contributed by atoms with van der Waals surface area (Å²) in [5.74, 6) is 2.45. The molecule has 0 radical (unpaired) electrons. The topological polar surface area (TPSA) is 119 Å². The van der Waals surface area contributed by atoms with Crippen LogP contribution in [0.4, 0.5) is 5.82 Å². The van der Waals surface area contributed by atoms with E-state index in [4.69, 9.17) is 9.47 Å². The zero-order valence-electron chi connectivity index (χ0n) is 19.3. The van der Waals surface area contributed by atoms with Crippen LogP contribution in [0.3, 0.4) is 0 Å². The van der Waals surface area contributed by atoms with Crippen LogP contribution >= 0.6 is 0 Å². The van der Waals surface area contributed by atoms with Crippen molar-refractivity contribution in [1.82, 2.24) is 30.0 Å². The van der Waals surface area contributed by atoms with E-state index in [-0.39, 0.29) is 24.4 Å². The molecule has 0 bridgehead atoms. The minimum Gasteiger partial charge on any atom is -0.486 e. The number of carbonyl (C=O) groups is 1. The van der Waals surface area contributed by atoms with Crippen LogP contribution in [0.2, 0.25) is 0 Å². The molecule has 3 aromatic heterocycles. The molecule has 176 valence electrons. The van der Waals surface area contributed by atoms with Crippen molar-refractivity contribution in [2.75, 3.05) is 25.6 Å². The van der Waals surface area contributed by atoms with Crippen molar-refractivity contribution in [2.45, 2.75) is 26.4 Å². The summed E-state index contributed by atoms with van der Waals surface area (Å²) in [5.41, 5.74) is 3.52. The fourth-order valence-corrected chi connectivity index (χ4v) is 4.06. The van der Waals surface area contributed by atoms with Gasteiger partial charge in [0.15, 0.2) is 11.5 Å². The Balaban J connectivity index is 1.44. The lowest BCUT2D eigenvalue weighted by Crippen LogP contribution is -2.23. The number of ether oxygens (including phenoxy) is 2. The molecule has 34 heavy (non-hydrogen) atoms. The number of benzene rings is 1. The molecule has 5 rings (SSSR count). The van der Waals surface area contributed by atoms with Gasteiger partial charge < -0.3 is 25.1 Å². The van der Waals surface area contributed by atoms with Crippen molar-refractivity contribution < 1.29 is 14.3 Å². The largest absolute Gasteiger partial charge is 0.486 e. The van der Waals surface area contributed by atoms with Gasteiger partial charge in [0, 0.05) is 18.8 Å². The van der Waals surface area contributed by atoms with Crippen molar-refractivity contribution in [3.63, 3.8) is 0 Å². The monoisotopic (exact) mass is 461 g/mol. The highest BCUT2D eigenvalue weighted by atomic mass is 16.6. The Morgan fingerprint density at radius 1 is 1.18 bits per heavy atom. The first kappa shape index (κ1) is 21.7. The van der Waals surface area contributed by atoms with Crippen LogP contribution in [0.5, 0.6) is 11.5 Å². The van der Waals surface area contributed by atoms with Crippen molar-refractivity contribution in [1.29, 1.82) is 0 Å². The molecule has 10 heteroatoms. The molecular weight excluding hydrogens is 434 g/mol. The zero-order chi connectivity index (χ0) is 23.7. The number of hydrogen-bond donors (Lipinski definition) is 3. The fourth-order valence-electron chi connectivity index (χ4n) is 4.06. The molecule has 3 N–H and O–H groups in total. The van der Waals surface area contributed by atoms with Crippen molar-refractivity contribution >= 4 is 22.8 Å². The van der Waals surface area contributed by atoms with Gasteiger partial charge in [0.1, 0.15) is 37.6 Å². The number of carbonyl (C=O) groups excluding carboxylic acids is 1. The van der Waals surface area contributed by atoms with Gasteiger partial charge in [-0.3, -0.25) is 9.48 Å². The maximum Gasteiger partial charge on any atom is 0.241 e. The number of amides is 1. The summed E-state index contributed by atoms with van der Waals surface area (Å²) in [6.07, 6.45) is 5.09. The number of H-pyrrole nitrogens is 1. The van der Waals surface area contributed by atoms with Crippen LogP contribution in [0.15, 0.2) is 43.0 Å². The van der Waals surface area contributed by atoms with Gasteiger partial charge in [-0.05, 0) is 29.7 Å². The maximum absolute atomic E-state index is 11.6.